The number of methoxy groups -OCH3 is 2. The van der Waals surface area contributed by atoms with E-state index >= 15 is 0 Å². The maximum Gasteiger partial charge on any atom is 0.330 e. The molecule has 240 valence electrons. The van der Waals surface area contributed by atoms with Crippen molar-refractivity contribution in [3.63, 3.8) is 0 Å². The van der Waals surface area contributed by atoms with Gasteiger partial charge in [0.1, 0.15) is 27.4 Å². The van der Waals surface area contributed by atoms with Crippen LogP contribution in [0.15, 0.2) is 24.5 Å². The molecule has 14 heteroatoms. The van der Waals surface area contributed by atoms with Crippen molar-refractivity contribution in [2.24, 2.45) is 18.9 Å². The monoisotopic (exact) mass is 656 g/mol. The van der Waals surface area contributed by atoms with Crippen LogP contribution in [0.2, 0.25) is 10.0 Å². The summed E-state index contributed by atoms with van der Waals surface area (Å²) in [7, 11) is 4.79. The summed E-state index contributed by atoms with van der Waals surface area (Å²) in [6, 6.07) is 2.96. The second-order valence-corrected chi connectivity index (χ2v) is 12.8. The first kappa shape index (κ1) is 31.2. The minimum atomic E-state index is -0.394. The van der Waals surface area contributed by atoms with Crippen LogP contribution in [0.1, 0.15) is 56.7 Å². The molecule has 2 N–H and O–H groups in total. The molecule has 45 heavy (non-hydrogen) atoms. The van der Waals surface area contributed by atoms with E-state index in [1.165, 1.54) is 38.4 Å². The summed E-state index contributed by atoms with van der Waals surface area (Å²) in [6.07, 6.45) is 10.3. The molecule has 2 aromatic heterocycles. The molecule has 0 saturated heterocycles. The van der Waals surface area contributed by atoms with Crippen LogP contribution >= 0.6 is 23.2 Å². The molecule has 1 unspecified atom stereocenters. The highest BCUT2D eigenvalue weighted by Gasteiger charge is 2.39. The van der Waals surface area contributed by atoms with Gasteiger partial charge in [-0.05, 0) is 37.2 Å². The molecule has 3 amide bonds. The number of carbonyl (C=O) groups excluding carboxylic acids is 2. The van der Waals surface area contributed by atoms with Gasteiger partial charge in [-0.3, -0.25) is 19.3 Å². The second kappa shape index (κ2) is 12.9. The SMILES string of the molecule is COc1cc(OC)c(Cl)c(N2Cc3cnc(N[C@@H]4CCC(C5CCC5)C[C@@H]4NC(C)=O)nc3N(Cc3ccn(C)n3)C2=O)c1Cl. The van der Waals surface area contributed by atoms with Gasteiger partial charge in [-0.1, -0.05) is 42.5 Å². The Morgan fingerprint density at radius 2 is 1.80 bits per heavy atom. The lowest BCUT2D eigenvalue weighted by Gasteiger charge is -2.43. The quantitative estimate of drug-likeness (QED) is 0.306. The summed E-state index contributed by atoms with van der Waals surface area (Å²) in [4.78, 5) is 39.0. The fraction of sp³-hybridized carbons (Fsp3) is 0.516. The number of anilines is 3. The number of nitrogens with zero attached hydrogens (tertiary/aromatic N) is 6. The molecule has 1 aromatic carbocycles. The standard InChI is InChI=1S/C31H38Cl2N8O4/c1-17(42)35-23-12-19(18-6-5-7-18)8-9-22(23)36-30-34-14-20-15-40(28-26(32)24(44-3)13-25(45-4)27(28)33)31(43)41(29(20)37-30)16-21-10-11-39(2)38-21/h10-11,13-14,18-19,22-23H,5-9,12,15-16H2,1-4H3,(H,35,42)(H,34,36,37)/t19?,22-,23+/m1/s1. The highest BCUT2D eigenvalue weighted by atomic mass is 35.5. The molecule has 3 aromatic rings. The van der Waals surface area contributed by atoms with Gasteiger partial charge in [-0.25, -0.2) is 9.78 Å². The molecule has 6 rings (SSSR count). The Balaban J connectivity index is 1.34. The summed E-state index contributed by atoms with van der Waals surface area (Å²) in [6.45, 7) is 1.82. The van der Waals surface area contributed by atoms with Crippen molar-refractivity contribution in [3.05, 3.63) is 45.8 Å². The molecule has 3 heterocycles. The lowest BCUT2D eigenvalue weighted by molar-refractivity contribution is -0.120. The fourth-order valence-electron chi connectivity index (χ4n) is 6.72. The van der Waals surface area contributed by atoms with E-state index in [1.54, 1.807) is 28.8 Å². The number of aryl methyl sites for hydroxylation is 1. The summed E-state index contributed by atoms with van der Waals surface area (Å²) >= 11 is 13.5. The van der Waals surface area contributed by atoms with Crippen LogP contribution in [0, 0.1) is 11.8 Å². The summed E-state index contributed by atoms with van der Waals surface area (Å²) in [5.41, 5.74) is 1.63. The molecule has 12 nitrogen and oxygen atoms in total. The normalized spacial score (nSPS) is 21.6. The number of rotatable bonds is 9. The number of hydrogen-bond acceptors (Lipinski definition) is 8. The minimum absolute atomic E-state index is 0.0319. The molecule has 1 aliphatic heterocycles. The van der Waals surface area contributed by atoms with Gasteiger partial charge in [0.15, 0.2) is 0 Å². The largest absolute Gasteiger partial charge is 0.495 e. The number of carbonyl (C=O) groups is 2. The summed E-state index contributed by atoms with van der Waals surface area (Å²) in [5, 5.41) is 11.5. The van der Waals surface area contributed by atoms with E-state index in [-0.39, 0.29) is 46.8 Å². The zero-order chi connectivity index (χ0) is 31.8. The maximum atomic E-state index is 14.3. The van der Waals surface area contributed by atoms with Crippen LogP contribution in [-0.2, 0) is 24.9 Å². The van der Waals surface area contributed by atoms with E-state index in [0.29, 0.717) is 40.4 Å². The number of urea groups is 1. The molecular weight excluding hydrogens is 619 g/mol. The van der Waals surface area contributed by atoms with Gasteiger partial charge in [-0.15, -0.1) is 0 Å². The van der Waals surface area contributed by atoms with Gasteiger partial charge in [0, 0.05) is 50.1 Å². The Labute approximate surface area is 272 Å². The number of halogens is 2. The van der Waals surface area contributed by atoms with Gasteiger partial charge >= 0.3 is 6.03 Å². The number of ether oxygens (including phenoxy) is 2. The molecular formula is C31H38Cl2N8O4. The van der Waals surface area contributed by atoms with E-state index in [2.05, 4.69) is 20.7 Å². The number of fused-ring (bicyclic) bond motifs is 1. The van der Waals surface area contributed by atoms with Gasteiger partial charge in [0.25, 0.3) is 0 Å². The van der Waals surface area contributed by atoms with Crippen LogP contribution in [0.3, 0.4) is 0 Å². The van der Waals surface area contributed by atoms with Crippen molar-refractivity contribution in [1.29, 1.82) is 0 Å². The number of amides is 3. The summed E-state index contributed by atoms with van der Waals surface area (Å²) < 4.78 is 12.6. The lowest BCUT2D eigenvalue weighted by atomic mass is 9.68. The minimum Gasteiger partial charge on any atom is -0.495 e. The third-order valence-electron chi connectivity index (χ3n) is 9.21. The average Bonchev–Trinajstić information content (AvgIpc) is 3.40. The number of benzene rings is 1. The number of hydrogen-bond donors (Lipinski definition) is 2. The molecule has 2 aliphatic carbocycles. The van der Waals surface area contributed by atoms with Crippen LogP contribution in [0.4, 0.5) is 22.2 Å². The third kappa shape index (κ3) is 6.22. The van der Waals surface area contributed by atoms with Gasteiger partial charge < -0.3 is 20.1 Å². The highest BCUT2D eigenvalue weighted by molar-refractivity contribution is 6.42. The van der Waals surface area contributed by atoms with Gasteiger partial charge in [0.05, 0.1) is 38.7 Å². The van der Waals surface area contributed by atoms with Crippen molar-refractivity contribution < 1.29 is 19.1 Å². The van der Waals surface area contributed by atoms with E-state index in [1.807, 2.05) is 19.3 Å². The maximum absolute atomic E-state index is 14.3. The molecule has 0 radical (unpaired) electrons. The van der Waals surface area contributed by atoms with Gasteiger partial charge in [-0.2, -0.15) is 10.1 Å². The molecule has 2 saturated carbocycles. The van der Waals surface area contributed by atoms with E-state index in [9.17, 15) is 9.59 Å². The number of aromatic nitrogens is 4. The molecule has 3 atom stereocenters. The van der Waals surface area contributed by atoms with Crippen molar-refractivity contribution >= 4 is 52.6 Å². The Morgan fingerprint density at radius 1 is 1.07 bits per heavy atom. The van der Waals surface area contributed by atoms with Gasteiger partial charge in [0.2, 0.25) is 11.9 Å². The first-order valence-electron chi connectivity index (χ1n) is 15.2. The van der Waals surface area contributed by atoms with Crippen molar-refractivity contribution in [3.8, 4) is 11.5 Å². The molecule has 2 fully saturated rings. The highest BCUT2D eigenvalue weighted by Crippen LogP contribution is 2.48. The fourth-order valence-corrected chi connectivity index (χ4v) is 7.43. The van der Waals surface area contributed by atoms with E-state index in [0.717, 1.165) is 25.2 Å². The number of nitrogens with one attached hydrogen (secondary N) is 2. The van der Waals surface area contributed by atoms with E-state index < -0.39 is 6.03 Å². The Hall–Kier alpha value is -3.77. The first-order chi connectivity index (χ1) is 21.7. The predicted octanol–water partition coefficient (Wildman–Crippen LogP) is 5.57. The zero-order valence-electron chi connectivity index (χ0n) is 25.8. The Morgan fingerprint density at radius 3 is 2.40 bits per heavy atom. The van der Waals surface area contributed by atoms with Crippen LogP contribution in [0.25, 0.3) is 0 Å². The smallest absolute Gasteiger partial charge is 0.330 e. The van der Waals surface area contributed by atoms with Crippen molar-refractivity contribution in [1.82, 2.24) is 25.1 Å². The van der Waals surface area contributed by atoms with Crippen molar-refractivity contribution in [2.75, 3.05) is 29.3 Å². The average molecular weight is 658 g/mol. The first-order valence-corrected chi connectivity index (χ1v) is 16.0. The van der Waals surface area contributed by atoms with Crippen LogP contribution in [0.5, 0.6) is 11.5 Å². The Bertz CT molecular complexity index is 1570. The van der Waals surface area contributed by atoms with E-state index in [4.69, 9.17) is 37.7 Å². The molecule has 0 spiro atoms. The predicted molar refractivity (Wildman–Crippen MR) is 172 cm³/mol. The molecule has 0 bridgehead atoms. The van der Waals surface area contributed by atoms with Crippen LogP contribution < -0.4 is 29.9 Å². The topological polar surface area (TPSA) is 127 Å². The lowest BCUT2D eigenvalue weighted by Crippen LogP contribution is -2.51. The van der Waals surface area contributed by atoms with Crippen LogP contribution in [-0.4, -0.2) is 58.0 Å². The summed E-state index contributed by atoms with van der Waals surface area (Å²) in [5.74, 6) is 2.81. The molecule has 3 aliphatic rings. The Kier molecular flexibility index (Phi) is 8.96. The zero-order valence-corrected chi connectivity index (χ0v) is 27.4. The second-order valence-electron chi connectivity index (χ2n) is 12.1. The third-order valence-corrected chi connectivity index (χ3v) is 9.94. The van der Waals surface area contributed by atoms with Crippen molar-refractivity contribution in [2.45, 2.75) is 70.6 Å².